The third-order valence-electron chi connectivity index (χ3n) is 5.73. The first-order chi connectivity index (χ1) is 15.5. The fourth-order valence-electron chi connectivity index (χ4n) is 4.21. The second-order valence-corrected chi connectivity index (χ2v) is 7.73. The minimum atomic E-state index is -4.47. The van der Waals surface area contributed by atoms with Crippen LogP contribution in [0, 0.1) is 0 Å². The lowest BCUT2D eigenvalue weighted by atomic mass is 10.0. The molecule has 2 heterocycles. The van der Waals surface area contributed by atoms with Gasteiger partial charge in [-0.1, -0.05) is 73.7 Å². The first-order valence-corrected chi connectivity index (χ1v) is 10.5. The SMILES string of the molecule is CCC1N=C(Nc2nc(-c3ccccc3C(F)(F)F)cc3ccccc23)c2ccccc21. The van der Waals surface area contributed by atoms with E-state index in [1.165, 1.54) is 12.1 Å². The van der Waals surface area contributed by atoms with Gasteiger partial charge in [-0.15, -0.1) is 0 Å². The van der Waals surface area contributed by atoms with Crippen molar-refractivity contribution in [3.63, 3.8) is 0 Å². The number of aromatic nitrogens is 1. The molecule has 3 nitrogen and oxygen atoms in total. The fourth-order valence-corrected chi connectivity index (χ4v) is 4.21. The lowest BCUT2D eigenvalue weighted by Crippen LogP contribution is -2.13. The smallest absolute Gasteiger partial charge is 0.324 e. The van der Waals surface area contributed by atoms with Crippen LogP contribution in [0.5, 0.6) is 0 Å². The van der Waals surface area contributed by atoms with Gasteiger partial charge in [-0.2, -0.15) is 13.2 Å². The van der Waals surface area contributed by atoms with Crippen LogP contribution >= 0.6 is 0 Å². The Morgan fingerprint density at radius 2 is 1.56 bits per heavy atom. The van der Waals surface area contributed by atoms with Crippen LogP contribution in [-0.2, 0) is 6.18 Å². The Kier molecular flexibility index (Phi) is 4.93. The van der Waals surface area contributed by atoms with Gasteiger partial charge in [-0.25, -0.2) is 4.98 Å². The van der Waals surface area contributed by atoms with Gasteiger partial charge >= 0.3 is 6.18 Å². The highest BCUT2D eigenvalue weighted by atomic mass is 19.4. The Labute approximate surface area is 183 Å². The van der Waals surface area contributed by atoms with Crippen LogP contribution in [0.3, 0.4) is 0 Å². The van der Waals surface area contributed by atoms with Gasteiger partial charge in [0.05, 0.1) is 17.3 Å². The predicted molar refractivity (Wildman–Crippen MR) is 122 cm³/mol. The number of aliphatic imine (C=N–C) groups is 1. The maximum absolute atomic E-state index is 13.7. The Morgan fingerprint density at radius 3 is 2.34 bits per heavy atom. The summed E-state index contributed by atoms with van der Waals surface area (Å²) in [6.07, 6.45) is -3.62. The minimum Gasteiger partial charge on any atom is -0.324 e. The zero-order valence-corrected chi connectivity index (χ0v) is 17.3. The Hall–Kier alpha value is -3.67. The number of hydrogen-bond donors (Lipinski definition) is 1. The number of pyridine rings is 1. The zero-order chi connectivity index (χ0) is 22.3. The molecule has 0 amide bonds. The van der Waals surface area contributed by atoms with Gasteiger partial charge in [-0.05, 0) is 29.5 Å². The molecule has 0 aliphatic carbocycles. The van der Waals surface area contributed by atoms with E-state index < -0.39 is 11.7 Å². The Balaban J connectivity index is 1.66. The van der Waals surface area contributed by atoms with Crippen molar-refractivity contribution in [1.29, 1.82) is 0 Å². The fraction of sp³-hybridized carbons (Fsp3) is 0.154. The van der Waals surface area contributed by atoms with E-state index in [1.54, 1.807) is 12.1 Å². The number of nitrogens with one attached hydrogen (secondary N) is 1. The molecule has 1 aliphatic heterocycles. The number of anilines is 1. The summed E-state index contributed by atoms with van der Waals surface area (Å²) in [5, 5.41) is 4.95. The van der Waals surface area contributed by atoms with Crippen molar-refractivity contribution in [1.82, 2.24) is 4.98 Å². The Morgan fingerprint density at radius 1 is 0.875 bits per heavy atom. The van der Waals surface area contributed by atoms with Crippen LogP contribution in [0.15, 0.2) is 83.9 Å². The molecule has 0 bridgehead atoms. The number of nitrogens with zero attached hydrogens (tertiary/aromatic N) is 2. The first-order valence-electron chi connectivity index (χ1n) is 10.5. The Bertz CT molecular complexity index is 1340. The molecule has 4 aromatic rings. The average Bonchev–Trinajstić information content (AvgIpc) is 3.16. The second-order valence-electron chi connectivity index (χ2n) is 7.73. The predicted octanol–water partition coefficient (Wildman–Crippen LogP) is 7.24. The van der Waals surface area contributed by atoms with Crippen LogP contribution in [0.4, 0.5) is 19.0 Å². The molecule has 5 rings (SSSR count). The molecule has 1 aliphatic rings. The third kappa shape index (κ3) is 3.51. The highest BCUT2D eigenvalue weighted by Crippen LogP contribution is 2.38. The number of benzene rings is 3. The van der Waals surface area contributed by atoms with Gasteiger partial charge in [0.2, 0.25) is 0 Å². The molecule has 160 valence electrons. The van der Waals surface area contributed by atoms with Crippen molar-refractivity contribution < 1.29 is 13.2 Å². The largest absolute Gasteiger partial charge is 0.417 e. The quantitative estimate of drug-likeness (QED) is 0.371. The molecule has 0 spiro atoms. The summed E-state index contributed by atoms with van der Waals surface area (Å²) < 4.78 is 41.0. The topological polar surface area (TPSA) is 37.3 Å². The maximum Gasteiger partial charge on any atom is 0.417 e. The molecule has 0 fully saturated rings. The second kappa shape index (κ2) is 7.79. The number of amidine groups is 1. The van der Waals surface area contributed by atoms with E-state index >= 15 is 0 Å². The van der Waals surface area contributed by atoms with Gasteiger partial charge in [0.15, 0.2) is 0 Å². The maximum atomic E-state index is 13.7. The summed E-state index contributed by atoms with van der Waals surface area (Å²) in [6, 6.07) is 22.8. The number of hydrogen-bond acceptors (Lipinski definition) is 3. The van der Waals surface area contributed by atoms with Crippen molar-refractivity contribution in [2.75, 3.05) is 5.32 Å². The number of halogens is 3. The molecule has 1 atom stereocenters. The summed E-state index contributed by atoms with van der Waals surface area (Å²) in [7, 11) is 0. The van der Waals surface area contributed by atoms with Crippen molar-refractivity contribution in [2.45, 2.75) is 25.6 Å². The standard InChI is InChI=1S/C26H20F3N3/c1-2-22-18-11-5-6-12-19(18)25(30-22)32-24-17-10-4-3-9-16(17)15-23(31-24)20-13-7-8-14-21(20)26(27,28)29/h3-15,22H,2H2,1H3,(H,30,31,32). The average molecular weight is 431 g/mol. The lowest BCUT2D eigenvalue weighted by Gasteiger charge is -2.15. The molecule has 0 saturated carbocycles. The molecular weight excluding hydrogens is 411 g/mol. The summed E-state index contributed by atoms with van der Waals surface area (Å²) >= 11 is 0. The van der Waals surface area contributed by atoms with E-state index in [2.05, 4.69) is 23.3 Å². The summed E-state index contributed by atoms with van der Waals surface area (Å²) in [6.45, 7) is 2.08. The lowest BCUT2D eigenvalue weighted by molar-refractivity contribution is -0.137. The molecule has 0 radical (unpaired) electrons. The highest BCUT2D eigenvalue weighted by Gasteiger charge is 2.34. The number of alkyl halides is 3. The van der Waals surface area contributed by atoms with Crippen LogP contribution in [0.2, 0.25) is 0 Å². The van der Waals surface area contributed by atoms with Gasteiger partial charge < -0.3 is 5.32 Å². The summed E-state index contributed by atoms with van der Waals surface area (Å²) in [4.78, 5) is 9.46. The zero-order valence-electron chi connectivity index (χ0n) is 17.3. The first kappa shape index (κ1) is 20.2. The van der Waals surface area contributed by atoms with E-state index in [4.69, 9.17) is 4.99 Å². The minimum absolute atomic E-state index is 0.0500. The monoisotopic (exact) mass is 431 g/mol. The van der Waals surface area contributed by atoms with E-state index in [9.17, 15) is 13.2 Å². The molecule has 3 aromatic carbocycles. The van der Waals surface area contributed by atoms with Crippen LogP contribution in [0.25, 0.3) is 22.0 Å². The molecule has 0 saturated heterocycles. The molecule has 1 aromatic heterocycles. The van der Waals surface area contributed by atoms with E-state index in [-0.39, 0.29) is 17.3 Å². The van der Waals surface area contributed by atoms with Gasteiger partial charge in [-0.3, -0.25) is 4.99 Å². The third-order valence-corrected chi connectivity index (χ3v) is 5.73. The molecular formula is C26H20F3N3. The van der Waals surface area contributed by atoms with Gasteiger partial charge in [0.1, 0.15) is 11.7 Å². The normalized spacial score (nSPS) is 15.5. The number of fused-ring (bicyclic) bond motifs is 2. The van der Waals surface area contributed by atoms with Crippen molar-refractivity contribution in [3.05, 3.63) is 95.6 Å². The molecule has 6 heteroatoms. The van der Waals surface area contributed by atoms with Crippen LogP contribution < -0.4 is 5.32 Å². The summed E-state index contributed by atoms with van der Waals surface area (Å²) in [5.41, 5.74) is 1.74. The van der Waals surface area contributed by atoms with Crippen LogP contribution in [0.1, 0.15) is 36.1 Å². The van der Waals surface area contributed by atoms with E-state index in [0.717, 1.165) is 34.4 Å². The van der Waals surface area contributed by atoms with Gasteiger partial charge in [0.25, 0.3) is 0 Å². The highest BCUT2D eigenvalue weighted by molar-refractivity contribution is 6.13. The van der Waals surface area contributed by atoms with Crippen LogP contribution in [-0.4, -0.2) is 10.8 Å². The summed E-state index contributed by atoms with van der Waals surface area (Å²) in [5.74, 6) is 1.17. The van der Waals surface area contributed by atoms with E-state index in [0.29, 0.717) is 11.7 Å². The van der Waals surface area contributed by atoms with Crippen molar-refractivity contribution in [3.8, 4) is 11.3 Å². The molecule has 32 heavy (non-hydrogen) atoms. The molecule has 1 unspecified atom stereocenters. The van der Waals surface area contributed by atoms with E-state index in [1.807, 2.05) is 42.5 Å². The van der Waals surface area contributed by atoms with Crippen molar-refractivity contribution >= 4 is 22.4 Å². The van der Waals surface area contributed by atoms with Crippen molar-refractivity contribution in [2.24, 2.45) is 4.99 Å². The molecule has 1 N–H and O–H groups in total. The van der Waals surface area contributed by atoms with Gasteiger partial charge in [0, 0.05) is 16.5 Å². The number of rotatable bonds is 3.